The van der Waals surface area contributed by atoms with Gasteiger partial charge in [-0.25, -0.2) is 4.98 Å². The smallest absolute Gasteiger partial charge is 0.231 e. The van der Waals surface area contributed by atoms with Gasteiger partial charge in [0.15, 0.2) is 5.13 Å². The van der Waals surface area contributed by atoms with E-state index in [2.05, 4.69) is 22.1 Å². The number of carbonyl (C=O) groups excluding carboxylic acids is 1. The van der Waals surface area contributed by atoms with Crippen molar-refractivity contribution in [3.8, 4) is 11.3 Å². The molecule has 5 heteroatoms. The highest BCUT2D eigenvalue weighted by Crippen LogP contribution is 2.36. The third-order valence-corrected chi connectivity index (χ3v) is 5.43. The number of rotatable bonds is 3. The fraction of sp³-hybridized carbons (Fsp3) is 0.412. The van der Waals surface area contributed by atoms with Crippen LogP contribution in [0.4, 0.5) is 10.8 Å². The molecule has 2 heterocycles. The van der Waals surface area contributed by atoms with E-state index < -0.39 is 0 Å². The highest BCUT2D eigenvalue weighted by Gasteiger charge is 2.26. The number of amides is 1. The predicted octanol–water partition coefficient (Wildman–Crippen LogP) is 4.22. The SMILES string of the molecule is C[C@@H]1C(=O)Nc2ccc(-c3csc(NC4CCCC4)n3)cc21. The monoisotopic (exact) mass is 313 g/mol. The lowest BCUT2D eigenvalue weighted by molar-refractivity contribution is -0.116. The molecule has 1 aromatic carbocycles. The van der Waals surface area contributed by atoms with E-state index in [9.17, 15) is 4.79 Å². The molecule has 0 unspecified atom stereocenters. The van der Waals surface area contributed by atoms with E-state index >= 15 is 0 Å². The van der Waals surface area contributed by atoms with Crippen LogP contribution < -0.4 is 10.6 Å². The molecule has 114 valence electrons. The number of carbonyl (C=O) groups is 1. The number of nitrogens with one attached hydrogen (secondary N) is 2. The third-order valence-electron chi connectivity index (χ3n) is 4.65. The summed E-state index contributed by atoms with van der Waals surface area (Å²) in [5, 5.41) is 9.55. The molecule has 2 N–H and O–H groups in total. The average Bonchev–Trinajstić information content (AvgIpc) is 3.23. The molecule has 1 amide bonds. The molecule has 1 aromatic heterocycles. The van der Waals surface area contributed by atoms with Crippen molar-refractivity contribution < 1.29 is 4.79 Å². The van der Waals surface area contributed by atoms with Crippen molar-refractivity contribution in [2.24, 2.45) is 0 Å². The van der Waals surface area contributed by atoms with Crippen LogP contribution in [-0.2, 0) is 4.79 Å². The number of thiazole rings is 1. The van der Waals surface area contributed by atoms with Crippen molar-refractivity contribution in [1.82, 2.24) is 4.98 Å². The summed E-state index contributed by atoms with van der Waals surface area (Å²) in [6, 6.07) is 6.69. The topological polar surface area (TPSA) is 54.0 Å². The summed E-state index contributed by atoms with van der Waals surface area (Å²) in [5.74, 6) is -0.00122. The Morgan fingerprint density at radius 1 is 1.32 bits per heavy atom. The molecule has 2 aliphatic rings. The molecular weight excluding hydrogens is 294 g/mol. The molecule has 0 radical (unpaired) electrons. The minimum absolute atomic E-state index is 0.0778. The number of nitrogens with zero attached hydrogens (tertiary/aromatic N) is 1. The summed E-state index contributed by atoms with van der Waals surface area (Å²) in [6.07, 6.45) is 5.14. The van der Waals surface area contributed by atoms with Gasteiger partial charge in [-0.15, -0.1) is 11.3 Å². The van der Waals surface area contributed by atoms with Gasteiger partial charge in [-0.3, -0.25) is 4.79 Å². The second kappa shape index (κ2) is 5.39. The summed E-state index contributed by atoms with van der Waals surface area (Å²) in [7, 11) is 0. The van der Waals surface area contributed by atoms with Crippen LogP contribution in [-0.4, -0.2) is 16.9 Å². The molecule has 0 bridgehead atoms. The van der Waals surface area contributed by atoms with Crippen molar-refractivity contribution in [3.63, 3.8) is 0 Å². The molecule has 22 heavy (non-hydrogen) atoms. The van der Waals surface area contributed by atoms with E-state index in [1.807, 2.05) is 19.1 Å². The maximum absolute atomic E-state index is 11.7. The second-order valence-electron chi connectivity index (χ2n) is 6.18. The summed E-state index contributed by atoms with van der Waals surface area (Å²) in [4.78, 5) is 16.5. The van der Waals surface area contributed by atoms with Gasteiger partial charge < -0.3 is 10.6 Å². The molecule has 4 rings (SSSR count). The minimum atomic E-state index is -0.0790. The van der Waals surface area contributed by atoms with Crippen LogP contribution in [0, 0.1) is 0 Å². The van der Waals surface area contributed by atoms with Crippen LogP contribution in [0.3, 0.4) is 0 Å². The van der Waals surface area contributed by atoms with Crippen LogP contribution in [0.15, 0.2) is 23.6 Å². The van der Waals surface area contributed by atoms with Gasteiger partial charge in [0.2, 0.25) is 5.91 Å². The lowest BCUT2D eigenvalue weighted by Crippen LogP contribution is -2.13. The van der Waals surface area contributed by atoms with E-state index in [0.717, 1.165) is 27.6 Å². The van der Waals surface area contributed by atoms with Crippen molar-refractivity contribution >= 4 is 28.1 Å². The van der Waals surface area contributed by atoms with Gasteiger partial charge in [-0.2, -0.15) is 0 Å². The second-order valence-corrected chi connectivity index (χ2v) is 7.03. The van der Waals surface area contributed by atoms with E-state index in [1.54, 1.807) is 11.3 Å². The third kappa shape index (κ3) is 2.39. The summed E-state index contributed by atoms with van der Waals surface area (Å²) >= 11 is 1.66. The molecule has 1 saturated carbocycles. The first-order chi connectivity index (χ1) is 10.7. The molecule has 0 spiro atoms. The van der Waals surface area contributed by atoms with Crippen LogP contribution in [0.5, 0.6) is 0 Å². The number of anilines is 2. The molecule has 1 atom stereocenters. The summed E-state index contributed by atoms with van der Waals surface area (Å²) < 4.78 is 0. The molecule has 2 aromatic rings. The van der Waals surface area contributed by atoms with Gasteiger partial charge in [0.1, 0.15) is 0 Å². The molecule has 1 aliphatic carbocycles. The molecule has 0 saturated heterocycles. The Bertz CT molecular complexity index is 718. The number of hydrogen-bond acceptors (Lipinski definition) is 4. The highest BCUT2D eigenvalue weighted by atomic mass is 32.1. The van der Waals surface area contributed by atoms with Crippen molar-refractivity contribution in [1.29, 1.82) is 0 Å². The first kappa shape index (κ1) is 13.8. The quantitative estimate of drug-likeness (QED) is 0.892. The Morgan fingerprint density at radius 3 is 2.95 bits per heavy atom. The maximum atomic E-state index is 11.7. The zero-order valence-electron chi connectivity index (χ0n) is 12.6. The Kier molecular flexibility index (Phi) is 3.37. The Balaban J connectivity index is 1.58. The van der Waals surface area contributed by atoms with Gasteiger partial charge >= 0.3 is 0 Å². The van der Waals surface area contributed by atoms with Crippen LogP contribution in [0.1, 0.15) is 44.1 Å². The lowest BCUT2D eigenvalue weighted by Gasteiger charge is -2.09. The number of benzene rings is 1. The lowest BCUT2D eigenvalue weighted by atomic mass is 10.00. The zero-order valence-corrected chi connectivity index (χ0v) is 13.4. The van der Waals surface area contributed by atoms with Gasteiger partial charge in [-0.05, 0) is 37.5 Å². The van der Waals surface area contributed by atoms with Gasteiger partial charge in [0, 0.05) is 22.7 Å². The van der Waals surface area contributed by atoms with E-state index in [-0.39, 0.29) is 11.8 Å². The highest BCUT2D eigenvalue weighted by molar-refractivity contribution is 7.14. The number of aromatic nitrogens is 1. The van der Waals surface area contributed by atoms with Crippen LogP contribution in [0.25, 0.3) is 11.3 Å². The fourth-order valence-electron chi connectivity index (χ4n) is 3.29. The Hall–Kier alpha value is -1.88. The van der Waals surface area contributed by atoms with Gasteiger partial charge in [0.25, 0.3) is 0 Å². The fourth-order valence-corrected chi connectivity index (χ4v) is 4.09. The standard InChI is InChI=1S/C17H19N3OS/c1-10-13-8-11(6-7-14(13)19-16(10)21)15-9-22-17(20-15)18-12-4-2-3-5-12/h6-10,12H,2-5H2,1H3,(H,18,20)(H,19,21)/t10-/m0/s1. The molecule has 1 aliphatic heterocycles. The summed E-state index contributed by atoms with van der Waals surface area (Å²) in [5.41, 5.74) is 4.07. The van der Waals surface area contributed by atoms with E-state index in [0.29, 0.717) is 6.04 Å². The largest absolute Gasteiger partial charge is 0.359 e. The molecule has 4 nitrogen and oxygen atoms in total. The van der Waals surface area contributed by atoms with E-state index in [1.165, 1.54) is 25.7 Å². The minimum Gasteiger partial charge on any atom is -0.359 e. The summed E-state index contributed by atoms with van der Waals surface area (Å²) in [6.45, 7) is 1.94. The first-order valence-electron chi connectivity index (χ1n) is 7.88. The van der Waals surface area contributed by atoms with Crippen LogP contribution >= 0.6 is 11.3 Å². The maximum Gasteiger partial charge on any atom is 0.231 e. The number of fused-ring (bicyclic) bond motifs is 1. The first-order valence-corrected chi connectivity index (χ1v) is 8.76. The van der Waals surface area contributed by atoms with Gasteiger partial charge in [0.05, 0.1) is 11.6 Å². The Labute approximate surface area is 134 Å². The zero-order chi connectivity index (χ0) is 15.1. The molecular formula is C17H19N3OS. The van der Waals surface area contributed by atoms with E-state index in [4.69, 9.17) is 4.98 Å². The van der Waals surface area contributed by atoms with Crippen molar-refractivity contribution in [3.05, 3.63) is 29.1 Å². The number of hydrogen-bond donors (Lipinski definition) is 2. The van der Waals surface area contributed by atoms with Crippen molar-refractivity contribution in [2.45, 2.75) is 44.6 Å². The Morgan fingerprint density at radius 2 is 2.14 bits per heavy atom. The van der Waals surface area contributed by atoms with Crippen molar-refractivity contribution in [2.75, 3.05) is 10.6 Å². The normalized spacial score (nSPS) is 21.0. The molecule has 1 fully saturated rings. The van der Waals surface area contributed by atoms with Crippen LogP contribution in [0.2, 0.25) is 0 Å². The average molecular weight is 313 g/mol. The predicted molar refractivity (Wildman–Crippen MR) is 90.5 cm³/mol. The van der Waals surface area contributed by atoms with Gasteiger partial charge in [-0.1, -0.05) is 18.9 Å².